The van der Waals surface area contributed by atoms with Gasteiger partial charge in [0.05, 0.1) is 17.7 Å². The second-order valence-corrected chi connectivity index (χ2v) is 7.18. The fourth-order valence-corrected chi connectivity index (χ4v) is 3.59. The first-order valence-corrected chi connectivity index (χ1v) is 9.14. The van der Waals surface area contributed by atoms with E-state index in [-0.39, 0.29) is 17.8 Å². The van der Waals surface area contributed by atoms with Crippen molar-refractivity contribution in [3.05, 3.63) is 28.5 Å². The van der Waals surface area contributed by atoms with Gasteiger partial charge in [0, 0.05) is 31.1 Å². The molecule has 2 aliphatic rings. The highest BCUT2D eigenvalue weighted by Gasteiger charge is 2.32. The monoisotopic (exact) mass is 370 g/mol. The number of carbonyl (C=O) groups excluding carboxylic acids is 1. The van der Waals surface area contributed by atoms with E-state index in [9.17, 15) is 9.18 Å². The minimum atomic E-state index is -0.424. The molecule has 0 unspecified atom stereocenters. The number of alkyl carbamates (subject to hydrolysis) is 1. The Bertz CT molecular complexity index is 593. The van der Waals surface area contributed by atoms with E-state index in [2.05, 4.69) is 10.2 Å². The van der Waals surface area contributed by atoms with Crippen molar-refractivity contribution in [1.82, 2.24) is 10.2 Å². The lowest BCUT2D eigenvalue weighted by molar-refractivity contribution is 0.0239. The summed E-state index contributed by atoms with van der Waals surface area (Å²) < 4.78 is 25.2. The minimum absolute atomic E-state index is 0.0122. The molecule has 0 bridgehead atoms. The van der Waals surface area contributed by atoms with Gasteiger partial charge in [-0.15, -0.1) is 0 Å². The molecule has 7 heteroatoms. The lowest BCUT2D eigenvalue weighted by atomic mass is 9.83. The van der Waals surface area contributed by atoms with Crippen LogP contribution < -0.4 is 10.1 Å². The van der Waals surface area contributed by atoms with Gasteiger partial charge in [-0.1, -0.05) is 11.6 Å². The van der Waals surface area contributed by atoms with Crippen LogP contribution in [0.1, 0.15) is 31.2 Å². The zero-order chi connectivity index (χ0) is 17.8. The van der Waals surface area contributed by atoms with E-state index in [4.69, 9.17) is 21.1 Å². The lowest BCUT2D eigenvalue weighted by Crippen LogP contribution is -2.37. The number of hydrogen-bond donors (Lipinski definition) is 1. The van der Waals surface area contributed by atoms with Crippen molar-refractivity contribution >= 4 is 17.7 Å². The van der Waals surface area contributed by atoms with E-state index >= 15 is 0 Å². The fourth-order valence-electron chi connectivity index (χ4n) is 3.33. The van der Waals surface area contributed by atoms with Crippen LogP contribution in [0, 0.1) is 11.7 Å². The molecule has 1 amide bonds. The molecule has 1 aromatic carbocycles. The average molecular weight is 371 g/mol. The van der Waals surface area contributed by atoms with Crippen molar-refractivity contribution in [2.45, 2.75) is 38.3 Å². The number of nitrogens with one attached hydrogen (secondary N) is 1. The van der Waals surface area contributed by atoms with Crippen LogP contribution in [0.4, 0.5) is 9.18 Å². The molecule has 0 atom stereocenters. The third kappa shape index (κ3) is 4.76. The van der Waals surface area contributed by atoms with E-state index in [0.29, 0.717) is 29.5 Å². The normalized spacial score (nSPS) is 23.2. The Balaban J connectivity index is 1.50. The smallest absolute Gasteiger partial charge is 0.406 e. The highest BCUT2D eigenvalue weighted by molar-refractivity contribution is 6.31. The Kier molecular flexibility index (Phi) is 6.02. The van der Waals surface area contributed by atoms with Gasteiger partial charge in [-0.3, -0.25) is 4.90 Å². The third-order valence-electron chi connectivity index (χ3n) is 4.84. The molecular formula is C18H24ClFN2O3. The Hall–Kier alpha value is -1.53. The minimum Gasteiger partial charge on any atom is -0.490 e. The van der Waals surface area contributed by atoms with Crippen molar-refractivity contribution < 1.29 is 18.7 Å². The summed E-state index contributed by atoms with van der Waals surface area (Å²) in [5, 5.41) is 2.83. The summed E-state index contributed by atoms with van der Waals surface area (Å²) in [4.78, 5) is 13.3. The number of hydrogen-bond acceptors (Lipinski definition) is 4. The van der Waals surface area contributed by atoms with Crippen molar-refractivity contribution in [3.63, 3.8) is 0 Å². The van der Waals surface area contributed by atoms with Crippen LogP contribution in [0.25, 0.3) is 0 Å². The summed E-state index contributed by atoms with van der Waals surface area (Å²) in [7, 11) is 1.53. The van der Waals surface area contributed by atoms with E-state index in [1.807, 2.05) is 0 Å². The highest BCUT2D eigenvalue weighted by Crippen LogP contribution is 2.34. The van der Waals surface area contributed by atoms with Gasteiger partial charge in [-0.05, 0) is 44.8 Å². The molecule has 0 spiro atoms. The summed E-state index contributed by atoms with van der Waals surface area (Å²) in [6.45, 7) is 2.92. The first kappa shape index (κ1) is 18.3. The average Bonchev–Trinajstić information content (AvgIpc) is 3.05. The molecule has 1 aromatic rings. The third-order valence-corrected chi connectivity index (χ3v) is 5.18. The number of ether oxygens (including phenoxy) is 2. The molecule has 0 aromatic heterocycles. The number of benzene rings is 1. The van der Waals surface area contributed by atoms with Crippen molar-refractivity contribution in [1.29, 1.82) is 0 Å². The number of carbonyl (C=O) groups is 1. The number of rotatable bonds is 6. The first-order valence-electron chi connectivity index (χ1n) is 8.76. The van der Waals surface area contributed by atoms with E-state index in [1.165, 1.54) is 13.1 Å². The summed E-state index contributed by atoms with van der Waals surface area (Å²) in [5.74, 6) is 0.439. The van der Waals surface area contributed by atoms with Gasteiger partial charge >= 0.3 is 6.09 Å². The van der Waals surface area contributed by atoms with Crippen molar-refractivity contribution in [3.8, 4) is 5.75 Å². The standard InChI is InChI=1S/C18H24ClFN2O3/c1-21-18(23)24-11-12-6-13(7-12)25-14-8-16(19)15(17(20)9-14)10-22-4-2-3-5-22/h8-9,12-13H,2-7,10-11H2,1H3,(H,21,23). The quantitative estimate of drug-likeness (QED) is 0.831. The molecular weight excluding hydrogens is 347 g/mol. The number of halogens is 2. The zero-order valence-electron chi connectivity index (χ0n) is 14.4. The molecule has 138 valence electrons. The molecule has 1 aliphatic carbocycles. The summed E-state index contributed by atoms with van der Waals surface area (Å²) in [6.07, 6.45) is 3.47. The molecule has 0 radical (unpaired) electrons. The Morgan fingerprint density at radius 1 is 1.36 bits per heavy atom. The van der Waals surface area contributed by atoms with E-state index in [1.54, 1.807) is 6.07 Å². The number of likely N-dealkylation sites (tertiary alicyclic amines) is 1. The molecule has 3 rings (SSSR count). The second-order valence-electron chi connectivity index (χ2n) is 6.77. The largest absolute Gasteiger partial charge is 0.490 e. The maximum absolute atomic E-state index is 14.4. The van der Waals surface area contributed by atoms with Crippen LogP contribution in [0.15, 0.2) is 12.1 Å². The van der Waals surface area contributed by atoms with Crippen LogP contribution in [0.5, 0.6) is 5.75 Å². The van der Waals surface area contributed by atoms with Gasteiger partial charge in [-0.25, -0.2) is 9.18 Å². The molecule has 1 heterocycles. The summed E-state index contributed by atoms with van der Waals surface area (Å²) in [5.41, 5.74) is 0.543. The van der Waals surface area contributed by atoms with Gasteiger partial charge in [0.1, 0.15) is 11.6 Å². The van der Waals surface area contributed by atoms with Gasteiger partial charge in [0.15, 0.2) is 0 Å². The van der Waals surface area contributed by atoms with Crippen LogP contribution in [0.2, 0.25) is 5.02 Å². The molecule has 25 heavy (non-hydrogen) atoms. The molecule has 1 saturated carbocycles. The van der Waals surface area contributed by atoms with Crippen molar-refractivity contribution in [2.24, 2.45) is 5.92 Å². The lowest BCUT2D eigenvalue weighted by Gasteiger charge is -2.35. The fraction of sp³-hybridized carbons (Fsp3) is 0.611. The van der Waals surface area contributed by atoms with Crippen LogP contribution >= 0.6 is 11.6 Å². The summed E-state index contributed by atoms with van der Waals surface area (Å²) >= 11 is 6.28. The van der Waals surface area contributed by atoms with E-state index < -0.39 is 6.09 Å². The Morgan fingerprint density at radius 2 is 2.08 bits per heavy atom. The van der Waals surface area contributed by atoms with Gasteiger partial charge in [0.25, 0.3) is 0 Å². The molecule has 1 N–H and O–H groups in total. The Labute approximate surface area is 152 Å². The molecule has 1 aliphatic heterocycles. The van der Waals surface area contributed by atoms with Crippen LogP contribution in [0.3, 0.4) is 0 Å². The molecule has 5 nitrogen and oxygen atoms in total. The summed E-state index contributed by atoms with van der Waals surface area (Å²) in [6, 6.07) is 3.12. The Morgan fingerprint density at radius 3 is 2.72 bits per heavy atom. The SMILES string of the molecule is CNC(=O)OCC1CC(Oc2cc(F)c(CN3CCCC3)c(Cl)c2)C1. The van der Waals surface area contributed by atoms with Gasteiger partial charge in [-0.2, -0.15) is 0 Å². The molecule has 1 saturated heterocycles. The predicted molar refractivity (Wildman–Crippen MR) is 93.5 cm³/mol. The van der Waals surface area contributed by atoms with Gasteiger partial charge in [0.2, 0.25) is 0 Å². The van der Waals surface area contributed by atoms with Gasteiger partial charge < -0.3 is 14.8 Å². The maximum atomic E-state index is 14.4. The van der Waals surface area contributed by atoms with E-state index in [0.717, 1.165) is 38.8 Å². The predicted octanol–water partition coefficient (Wildman–Crippen LogP) is 3.59. The van der Waals surface area contributed by atoms with Crippen LogP contribution in [-0.2, 0) is 11.3 Å². The zero-order valence-corrected chi connectivity index (χ0v) is 15.2. The maximum Gasteiger partial charge on any atom is 0.406 e. The molecule has 2 fully saturated rings. The highest BCUT2D eigenvalue weighted by atomic mass is 35.5. The number of amides is 1. The van der Waals surface area contributed by atoms with Crippen LogP contribution in [-0.4, -0.2) is 43.8 Å². The topological polar surface area (TPSA) is 50.8 Å². The second kappa shape index (κ2) is 8.23. The van der Waals surface area contributed by atoms with Crippen molar-refractivity contribution in [2.75, 3.05) is 26.7 Å². The number of nitrogens with zero attached hydrogens (tertiary/aromatic N) is 1. The first-order chi connectivity index (χ1) is 12.0.